The summed E-state index contributed by atoms with van der Waals surface area (Å²) in [6.07, 6.45) is 8.94. The molecule has 3 rings (SSSR count). The molecule has 0 saturated carbocycles. The lowest BCUT2D eigenvalue weighted by Gasteiger charge is -2.44. The van der Waals surface area contributed by atoms with Gasteiger partial charge < -0.3 is 0 Å². The highest BCUT2D eigenvalue weighted by Crippen LogP contribution is 2.62. The van der Waals surface area contributed by atoms with Crippen molar-refractivity contribution in [3.8, 4) is 0 Å². The van der Waals surface area contributed by atoms with Crippen molar-refractivity contribution in [2.75, 3.05) is 0 Å². The Hall–Kier alpha value is -1.19. The Morgan fingerprint density at radius 1 is 0.711 bits per heavy atom. The predicted octanol–water partition coefficient (Wildman–Crippen LogP) is 8.31. The molecule has 0 aliphatic heterocycles. The molecule has 0 aliphatic rings. The molecular formula is C32H50N2P2Si2. The monoisotopic (exact) mass is 580 g/mol. The number of aromatic nitrogens is 2. The summed E-state index contributed by atoms with van der Waals surface area (Å²) in [5.74, 6) is 0. The Labute approximate surface area is 238 Å². The Kier molecular flexibility index (Phi) is 9.07. The Bertz CT molecular complexity index is 1180. The van der Waals surface area contributed by atoms with Gasteiger partial charge in [-0.05, 0) is 50.9 Å². The first-order valence-corrected chi connectivity index (χ1v) is 22.9. The van der Waals surface area contributed by atoms with E-state index in [1.54, 1.807) is 10.4 Å². The van der Waals surface area contributed by atoms with Gasteiger partial charge in [0, 0.05) is 24.8 Å². The van der Waals surface area contributed by atoms with E-state index in [0.29, 0.717) is 0 Å². The zero-order valence-corrected chi connectivity index (χ0v) is 29.9. The lowest BCUT2D eigenvalue weighted by atomic mass is 9.83. The van der Waals surface area contributed by atoms with Gasteiger partial charge in [-0.2, -0.15) is 0 Å². The van der Waals surface area contributed by atoms with Crippen LogP contribution in [0.1, 0.15) is 63.8 Å². The molecule has 0 aliphatic carbocycles. The maximum absolute atomic E-state index is 4.58. The summed E-state index contributed by atoms with van der Waals surface area (Å²) >= 11 is 0. The largest absolute Gasteiger partial charge is 0.264 e. The smallest absolute Gasteiger partial charge is 0.0774 e. The number of nitrogens with zero attached hydrogens (tertiary/aromatic N) is 2. The molecule has 3 aromatic rings. The quantitative estimate of drug-likeness (QED) is 0.207. The Morgan fingerprint density at radius 2 is 1.13 bits per heavy atom. The van der Waals surface area contributed by atoms with E-state index in [9.17, 15) is 0 Å². The van der Waals surface area contributed by atoms with E-state index in [1.807, 2.05) is 24.8 Å². The Balaban J connectivity index is 2.50. The molecule has 1 unspecified atom stereocenters. The SMILES string of the molecule is CC(C)(C)P(Cc1cc([Si](C)(C)C)c([Si](C)(C)C)cc1C(P)(c1cccnc1)c1cccnc1)C(C)(C)C. The van der Waals surface area contributed by atoms with Crippen LogP contribution in [0, 0.1) is 0 Å². The van der Waals surface area contributed by atoms with E-state index in [0.717, 1.165) is 6.16 Å². The van der Waals surface area contributed by atoms with Crippen LogP contribution in [0.3, 0.4) is 0 Å². The minimum Gasteiger partial charge on any atom is -0.264 e. The van der Waals surface area contributed by atoms with Crippen LogP contribution in [-0.2, 0) is 11.3 Å². The van der Waals surface area contributed by atoms with Crippen LogP contribution >= 0.6 is 17.2 Å². The molecule has 1 aromatic carbocycles. The normalized spacial score (nSPS) is 13.7. The summed E-state index contributed by atoms with van der Waals surface area (Å²) < 4.78 is 0. The van der Waals surface area contributed by atoms with E-state index < -0.39 is 21.3 Å². The van der Waals surface area contributed by atoms with Gasteiger partial charge in [0.05, 0.1) is 21.3 Å². The number of hydrogen-bond acceptors (Lipinski definition) is 2. The summed E-state index contributed by atoms with van der Waals surface area (Å²) in [5.41, 5.74) is 5.29. The van der Waals surface area contributed by atoms with E-state index in [2.05, 4.69) is 136 Å². The zero-order valence-electron chi connectivity index (χ0n) is 25.9. The maximum Gasteiger partial charge on any atom is 0.0774 e. The van der Waals surface area contributed by atoms with E-state index in [1.165, 1.54) is 22.3 Å². The minimum atomic E-state index is -1.64. The molecule has 2 heterocycles. The molecule has 0 radical (unpaired) electrons. The molecule has 0 N–H and O–H groups in total. The predicted molar refractivity (Wildman–Crippen MR) is 181 cm³/mol. The van der Waals surface area contributed by atoms with Crippen molar-refractivity contribution < 1.29 is 0 Å². The number of rotatable bonds is 7. The van der Waals surface area contributed by atoms with Gasteiger partial charge in [-0.1, -0.05) is 123 Å². The van der Waals surface area contributed by atoms with E-state index in [-0.39, 0.29) is 18.2 Å². The van der Waals surface area contributed by atoms with Crippen molar-refractivity contribution in [3.63, 3.8) is 0 Å². The first-order chi connectivity index (χ1) is 17.3. The number of hydrogen-bond donors (Lipinski definition) is 0. The van der Waals surface area contributed by atoms with Crippen LogP contribution < -0.4 is 10.4 Å². The molecule has 206 valence electrons. The molecule has 0 amide bonds. The van der Waals surface area contributed by atoms with Crippen LogP contribution in [0.4, 0.5) is 0 Å². The van der Waals surface area contributed by atoms with Crippen molar-refractivity contribution in [3.05, 3.63) is 83.4 Å². The average molecular weight is 581 g/mol. The van der Waals surface area contributed by atoms with Crippen LogP contribution in [0.15, 0.2) is 61.2 Å². The highest BCUT2D eigenvalue weighted by Gasteiger charge is 2.40. The maximum atomic E-state index is 4.58. The molecule has 6 heteroatoms. The second-order valence-electron chi connectivity index (χ2n) is 14.8. The fourth-order valence-corrected chi connectivity index (χ4v) is 15.1. The minimum absolute atomic E-state index is 0.244. The van der Waals surface area contributed by atoms with Crippen LogP contribution in [0.2, 0.25) is 39.3 Å². The van der Waals surface area contributed by atoms with Crippen LogP contribution in [-0.4, -0.2) is 36.4 Å². The molecule has 0 bridgehead atoms. The molecule has 2 nitrogen and oxygen atoms in total. The zero-order chi connectivity index (χ0) is 28.7. The summed E-state index contributed by atoms with van der Waals surface area (Å²) in [6, 6.07) is 13.9. The van der Waals surface area contributed by atoms with Crippen molar-refractivity contribution in [2.45, 2.75) is 102 Å². The van der Waals surface area contributed by atoms with Crippen molar-refractivity contribution in [2.24, 2.45) is 0 Å². The summed E-state index contributed by atoms with van der Waals surface area (Å²) in [7, 11) is -0.267. The van der Waals surface area contributed by atoms with Gasteiger partial charge in [0.1, 0.15) is 0 Å². The highest BCUT2D eigenvalue weighted by molar-refractivity contribution is 7.60. The number of benzene rings is 1. The van der Waals surface area contributed by atoms with Gasteiger partial charge in [0.2, 0.25) is 0 Å². The molecule has 1 atom stereocenters. The third-order valence-corrected chi connectivity index (χ3v) is 16.6. The summed E-state index contributed by atoms with van der Waals surface area (Å²) in [6.45, 7) is 29.7. The van der Waals surface area contributed by atoms with Gasteiger partial charge >= 0.3 is 0 Å². The van der Waals surface area contributed by atoms with Crippen molar-refractivity contribution in [1.29, 1.82) is 0 Å². The fraction of sp³-hybridized carbons (Fsp3) is 0.500. The first kappa shape index (κ1) is 31.3. The Morgan fingerprint density at radius 3 is 1.47 bits per heavy atom. The van der Waals surface area contributed by atoms with E-state index >= 15 is 0 Å². The lowest BCUT2D eigenvalue weighted by molar-refractivity contribution is 0.701. The van der Waals surface area contributed by atoms with Gasteiger partial charge in [-0.15, -0.1) is 9.24 Å². The third-order valence-electron chi connectivity index (χ3n) is 7.47. The molecule has 38 heavy (non-hydrogen) atoms. The topological polar surface area (TPSA) is 25.8 Å². The molecule has 0 spiro atoms. The van der Waals surface area contributed by atoms with Gasteiger partial charge in [-0.3, -0.25) is 9.97 Å². The molecule has 0 saturated heterocycles. The van der Waals surface area contributed by atoms with Crippen molar-refractivity contribution >= 4 is 43.7 Å². The molecular weight excluding hydrogens is 530 g/mol. The summed E-state index contributed by atoms with van der Waals surface area (Å²) in [5, 5.41) is 3.33. The average Bonchev–Trinajstić information content (AvgIpc) is 2.80. The second-order valence-corrected chi connectivity index (χ2v) is 29.6. The van der Waals surface area contributed by atoms with Crippen molar-refractivity contribution in [1.82, 2.24) is 9.97 Å². The molecule has 2 aromatic heterocycles. The van der Waals surface area contributed by atoms with Crippen LogP contribution in [0.25, 0.3) is 0 Å². The van der Waals surface area contributed by atoms with Crippen LogP contribution in [0.5, 0.6) is 0 Å². The second kappa shape index (κ2) is 11.0. The third kappa shape index (κ3) is 6.75. The summed E-state index contributed by atoms with van der Waals surface area (Å²) in [4.78, 5) is 9.17. The van der Waals surface area contributed by atoms with Gasteiger partial charge in [-0.25, -0.2) is 0 Å². The lowest BCUT2D eigenvalue weighted by Crippen LogP contribution is -2.57. The van der Waals surface area contributed by atoms with Gasteiger partial charge in [0.15, 0.2) is 0 Å². The standard InChI is InChI=1S/C32H50N2P2Si2/c1-30(2,3)36(31(4,5)6)23-24-19-28(37(7,8)9)29(38(10,11)12)20-27(24)32(35,25-15-13-17-33-21-25)26-16-14-18-34-22-26/h13-22H,23,35H2,1-12H3. The van der Waals surface area contributed by atoms with E-state index in [4.69, 9.17) is 0 Å². The first-order valence-electron chi connectivity index (χ1n) is 13.8. The number of pyridine rings is 2. The highest BCUT2D eigenvalue weighted by atomic mass is 31.1. The van der Waals surface area contributed by atoms with Gasteiger partial charge in [0.25, 0.3) is 0 Å². The molecule has 0 fully saturated rings. The fourth-order valence-electron chi connectivity index (χ4n) is 5.70.